The topological polar surface area (TPSA) is 122 Å². The Morgan fingerprint density at radius 1 is 1.10 bits per heavy atom. The van der Waals surface area contributed by atoms with Crippen molar-refractivity contribution >= 4 is 27.7 Å². The smallest absolute Gasteiger partial charge is 0.250 e. The lowest BCUT2D eigenvalue weighted by Crippen LogP contribution is -2.46. The highest BCUT2D eigenvalue weighted by Crippen LogP contribution is 2.34. The Balaban J connectivity index is 1.14. The third-order valence-corrected chi connectivity index (χ3v) is 6.63. The maximum Gasteiger partial charge on any atom is 0.250 e. The molecular weight excluding hydrogens is 511 g/mol. The molecule has 0 aliphatic rings. The Kier molecular flexibility index (Phi) is 7.68. The van der Waals surface area contributed by atoms with Crippen molar-refractivity contribution in [2.24, 2.45) is 5.73 Å². The van der Waals surface area contributed by atoms with Crippen LogP contribution in [0.2, 0.25) is 0 Å². The number of primary amides is 1. The van der Waals surface area contributed by atoms with Gasteiger partial charge in [0.25, 0.3) is 0 Å². The molecule has 0 saturated heterocycles. The van der Waals surface area contributed by atoms with Gasteiger partial charge in [-0.05, 0) is 62.2 Å². The highest BCUT2D eigenvalue weighted by Gasteiger charge is 2.20. The van der Waals surface area contributed by atoms with Gasteiger partial charge in [-0.15, -0.1) is 0 Å². The number of nitrogens with zero attached hydrogens (tertiary/aromatic N) is 1. The average molecular weight is 543 g/mol. The molecule has 8 nitrogen and oxygen atoms in total. The normalized spacial score (nSPS) is 12.5. The van der Waals surface area contributed by atoms with Gasteiger partial charge in [-0.2, -0.15) is 0 Å². The number of aliphatic hydroxyl groups is 1. The minimum atomic E-state index is -0.770. The number of aromatic amines is 1. The van der Waals surface area contributed by atoms with Crippen molar-refractivity contribution in [2.75, 3.05) is 13.2 Å². The molecule has 5 aromatic rings. The molecule has 2 heterocycles. The van der Waals surface area contributed by atoms with E-state index >= 15 is 0 Å². The zero-order valence-electron chi connectivity index (χ0n) is 22.3. The number of hydrogen-bond donors (Lipinski definition) is 4. The van der Waals surface area contributed by atoms with E-state index < -0.39 is 12.0 Å². The summed E-state index contributed by atoms with van der Waals surface area (Å²) in [5, 5.41) is 15.6. The van der Waals surface area contributed by atoms with Crippen molar-refractivity contribution in [2.45, 2.75) is 31.9 Å². The number of benzene rings is 3. The summed E-state index contributed by atoms with van der Waals surface area (Å²) in [4.78, 5) is 18.4. The van der Waals surface area contributed by atoms with E-state index in [4.69, 9.17) is 15.2 Å². The molecular formula is C31H31FN4O4. The number of carbonyl (C=O) groups is 1. The molecule has 5 N–H and O–H groups in total. The Hall–Kier alpha value is -4.47. The van der Waals surface area contributed by atoms with Gasteiger partial charge in [0.15, 0.2) is 0 Å². The Morgan fingerprint density at radius 2 is 1.88 bits per heavy atom. The molecule has 0 saturated carbocycles. The highest BCUT2D eigenvalue weighted by atomic mass is 19.1. The molecule has 0 bridgehead atoms. The number of ether oxygens (including phenoxy) is 2. The molecule has 9 heteroatoms. The average Bonchev–Trinajstić information content (AvgIpc) is 3.34. The number of pyridine rings is 1. The van der Waals surface area contributed by atoms with Crippen LogP contribution in [-0.2, 0) is 6.42 Å². The van der Waals surface area contributed by atoms with Crippen molar-refractivity contribution in [3.05, 3.63) is 95.9 Å². The number of rotatable bonds is 11. The molecule has 0 spiro atoms. The van der Waals surface area contributed by atoms with Crippen LogP contribution in [0.5, 0.6) is 17.4 Å². The number of aromatic nitrogens is 2. The molecule has 0 radical (unpaired) electrons. The lowest BCUT2D eigenvalue weighted by molar-refractivity contribution is 0.0995. The maximum atomic E-state index is 14.4. The summed E-state index contributed by atoms with van der Waals surface area (Å²) in [7, 11) is 0. The number of H-pyrrole nitrogens is 1. The van der Waals surface area contributed by atoms with Crippen molar-refractivity contribution < 1.29 is 23.8 Å². The number of para-hydroxylation sites is 1. The van der Waals surface area contributed by atoms with Gasteiger partial charge in [-0.25, -0.2) is 9.37 Å². The standard InChI is InChI=1S/C31H31FN4O4/c1-31(2,15-19-7-10-22(11-8-19)40-27-14-9-20(16-34-27)30(33)38)35-17-21(37)18-39-26-13-12-24(32)29-28(26)23-5-3-4-6-25(23)36-29/h3-14,16,21,35-37H,15,17-18H2,1-2H3,(H2,33,38)/t21-/m0/s1. The van der Waals surface area contributed by atoms with Gasteiger partial charge in [0.2, 0.25) is 11.8 Å². The van der Waals surface area contributed by atoms with Crippen LogP contribution in [0.1, 0.15) is 29.8 Å². The van der Waals surface area contributed by atoms with Crippen LogP contribution in [-0.4, -0.2) is 45.8 Å². The van der Waals surface area contributed by atoms with E-state index in [9.17, 15) is 14.3 Å². The van der Waals surface area contributed by atoms with Gasteiger partial charge >= 0.3 is 0 Å². The molecule has 206 valence electrons. The zero-order valence-corrected chi connectivity index (χ0v) is 22.3. The first-order chi connectivity index (χ1) is 19.2. The molecule has 1 amide bonds. The Labute approximate surface area is 230 Å². The molecule has 0 fully saturated rings. The Bertz CT molecular complexity index is 1630. The van der Waals surface area contributed by atoms with E-state index in [-0.39, 0.29) is 18.0 Å². The van der Waals surface area contributed by atoms with Crippen molar-refractivity contribution in [3.8, 4) is 17.4 Å². The van der Waals surface area contributed by atoms with Gasteiger partial charge in [0.1, 0.15) is 30.0 Å². The molecule has 3 aromatic carbocycles. The maximum absolute atomic E-state index is 14.4. The molecule has 0 aliphatic heterocycles. The summed E-state index contributed by atoms with van der Waals surface area (Å²) in [5.41, 5.74) is 7.54. The highest BCUT2D eigenvalue weighted by molar-refractivity contribution is 6.10. The largest absolute Gasteiger partial charge is 0.490 e. The van der Waals surface area contributed by atoms with Crippen LogP contribution in [0.3, 0.4) is 0 Å². The summed E-state index contributed by atoms with van der Waals surface area (Å²) in [5.74, 6) is 0.610. The summed E-state index contributed by atoms with van der Waals surface area (Å²) >= 11 is 0. The lowest BCUT2D eigenvalue weighted by atomic mass is 9.94. The fourth-order valence-corrected chi connectivity index (χ4v) is 4.61. The SMILES string of the molecule is CC(C)(Cc1ccc(Oc2ccc(C(N)=O)cn2)cc1)NC[C@H](O)COc1ccc(F)c2[nH]c3ccccc3c12. The van der Waals surface area contributed by atoms with E-state index in [2.05, 4.69) is 29.1 Å². The van der Waals surface area contributed by atoms with Crippen LogP contribution in [0.15, 0.2) is 79.0 Å². The van der Waals surface area contributed by atoms with Crippen molar-refractivity contribution in [1.82, 2.24) is 15.3 Å². The van der Waals surface area contributed by atoms with Crippen LogP contribution < -0.4 is 20.5 Å². The van der Waals surface area contributed by atoms with Gasteiger partial charge < -0.3 is 30.6 Å². The van der Waals surface area contributed by atoms with Gasteiger partial charge in [-0.3, -0.25) is 4.79 Å². The first-order valence-corrected chi connectivity index (χ1v) is 13.0. The number of carbonyl (C=O) groups excluding carboxylic acids is 1. The van der Waals surface area contributed by atoms with Crippen LogP contribution in [0.25, 0.3) is 21.8 Å². The Morgan fingerprint density at radius 3 is 2.60 bits per heavy atom. The van der Waals surface area contributed by atoms with Crippen molar-refractivity contribution in [1.29, 1.82) is 0 Å². The van der Waals surface area contributed by atoms with Crippen LogP contribution >= 0.6 is 0 Å². The predicted molar refractivity (Wildman–Crippen MR) is 152 cm³/mol. The monoisotopic (exact) mass is 542 g/mol. The summed E-state index contributed by atoms with van der Waals surface area (Å²) in [6.07, 6.45) is 1.32. The first-order valence-electron chi connectivity index (χ1n) is 13.0. The number of halogens is 1. The van der Waals surface area contributed by atoms with E-state index in [1.165, 1.54) is 12.3 Å². The quantitative estimate of drug-likeness (QED) is 0.184. The number of fused-ring (bicyclic) bond motifs is 3. The minimum absolute atomic E-state index is 0.0593. The number of aliphatic hydroxyl groups excluding tert-OH is 1. The lowest BCUT2D eigenvalue weighted by Gasteiger charge is -2.28. The van der Waals surface area contributed by atoms with E-state index in [0.717, 1.165) is 16.5 Å². The number of nitrogens with two attached hydrogens (primary N) is 1. The van der Waals surface area contributed by atoms with Crippen molar-refractivity contribution in [3.63, 3.8) is 0 Å². The van der Waals surface area contributed by atoms with E-state index in [1.807, 2.05) is 48.5 Å². The second kappa shape index (κ2) is 11.3. The number of nitrogens with one attached hydrogen (secondary N) is 2. The summed E-state index contributed by atoms with van der Waals surface area (Å²) in [6, 6.07) is 21.4. The minimum Gasteiger partial charge on any atom is -0.490 e. The molecule has 0 unspecified atom stereocenters. The fourth-order valence-electron chi connectivity index (χ4n) is 4.61. The third-order valence-electron chi connectivity index (χ3n) is 6.63. The molecule has 2 aromatic heterocycles. The number of amides is 1. The summed E-state index contributed by atoms with van der Waals surface area (Å²) < 4.78 is 26.1. The first kappa shape index (κ1) is 27.1. The molecule has 0 aliphatic carbocycles. The van der Waals surface area contributed by atoms with Gasteiger partial charge in [0.05, 0.1) is 16.5 Å². The van der Waals surface area contributed by atoms with Gasteiger partial charge in [0, 0.05) is 35.2 Å². The molecule has 1 atom stereocenters. The van der Waals surface area contributed by atoms with Gasteiger partial charge in [-0.1, -0.05) is 30.3 Å². The zero-order chi connectivity index (χ0) is 28.3. The molecule has 40 heavy (non-hydrogen) atoms. The third kappa shape index (κ3) is 6.22. The fraction of sp³-hybridized carbons (Fsp3) is 0.226. The summed E-state index contributed by atoms with van der Waals surface area (Å²) in [6.45, 7) is 4.50. The number of β-amino-alcohol motifs (C(OH)–C–C–N with tert-alkyl or cyclic N) is 1. The predicted octanol–water partition coefficient (Wildman–Crippen LogP) is 5.10. The van der Waals surface area contributed by atoms with Crippen LogP contribution in [0.4, 0.5) is 4.39 Å². The second-order valence-corrected chi connectivity index (χ2v) is 10.4. The number of hydrogen-bond acceptors (Lipinski definition) is 6. The van der Waals surface area contributed by atoms with E-state index in [1.54, 1.807) is 18.2 Å². The van der Waals surface area contributed by atoms with E-state index in [0.29, 0.717) is 46.8 Å². The van der Waals surface area contributed by atoms with Crippen LogP contribution in [0, 0.1) is 5.82 Å². The second-order valence-electron chi connectivity index (χ2n) is 10.4. The molecule has 5 rings (SSSR count).